The molecule has 1 amide bonds. The fraction of sp³-hybridized carbons (Fsp3) is 0.417. The van der Waals surface area contributed by atoms with E-state index in [1.165, 1.54) is 0 Å². The van der Waals surface area contributed by atoms with E-state index in [0.717, 1.165) is 5.56 Å². The molecule has 0 radical (unpaired) electrons. The third kappa shape index (κ3) is 3.85. The average Bonchev–Trinajstić information content (AvgIpc) is 2.28. The predicted octanol–water partition coefficient (Wildman–Crippen LogP) is 1.07. The number of hydrogen-bond acceptors (Lipinski definition) is 3. The first-order chi connectivity index (χ1) is 7.91. The number of aryl methyl sites for hydroxylation is 1. The molecule has 17 heavy (non-hydrogen) atoms. The molecular formula is C12H18N2O2S. The molecule has 0 saturated heterocycles. The SMILES string of the molecule is Cc1cc(C(=O)NCC(C)S(C)=O)ccc1N. The third-order valence-electron chi connectivity index (χ3n) is 2.65. The number of hydrogen-bond donors (Lipinski definition) is 2. The Morgan fingerprint density at radius 3 is 2.71 bits per heavy atom. The Morgan fingerprint density at radius 2 is 2.18 bits per heavy atom. The summed E-state index contributed by atoms with van der Waals surface area (Å²) >= 11 is 0. The van der Waals surface area contributed by atoms with E-state index in [1.807, 2.05) is 13.8 Å². The lowest BCUT2D eigenvalue weighted by Gasteiger charge is -2.10. The lowest BCUT2D eigenvalue weighted by molar-refractivity contribution is 0.0954. The zero-order chi connectivity index (χ0) is 13.0. The highest BCUT2D eigenvalue weighted by molar-refractivity contribution is 7.84. The van der Waals surface area contributed by atoms with Gasteiger partial charge in [-0.25, -0.2) is 0 Å². The summed E-state index contributed by atoms with van der Waals surface area (Å²) in [6.07, 6.45) is 1.63. The van der Waals surface area contributed by atoms with Crippen molar-refractivity contribution in [2.24, 2.45) is 0 Å². The summed E-state index contributed by atoms with van der Waals surface area (Å²) in [6, 6.07) is 5.15. The van der Waals surface area contributed by atoms with Crippen LogP contribution < -0.4 is 11.1 Å². The van der Waals surface area contributed by atoms with Crippen molar-refractivity contribution < 1.29 is 9.00 Å². The third-order valence-corrected chi connectivity index (χ3v) is 3.95. The van der Waals surface area contributed by atoms with E-state index in [9.17, 15) is 9.00 Å². The molecule has 1 aromatic carbocycles. The fourth-order valence-electron chi connectivity index (χ4n) is 1.27. The summed E-state index contributed by atoms with van der Waals surface area (Å²) in [5, 5.41) is 2.71. The van der Waals surface area contributed by atoms with Crippen LogP contribution in [0.15, 0.2) is 18.2 Å². The molecule has 1 rings (SSSR count). The van der Waals surface area contributed by atoms with Crippen molar-refractivity contribution in [1.82, 2.24) is 5.32 Å². The summed E-state index contributed by atoms with van der Waals surface area (Å²) in [7, 11) is -0.926. The van der Waals surface area contributed by atoms with Gasteiger partial charge in [0.2, 0.25) is 0 Å². The molecule has 0 bridgehead atoms. The van der Waals surface area contributed by atoms with Gasteiger partial charge in [-0.2, -0.15) is 0 Å². The summed E-state index contributed by atoms with van der Waals surface area (Å²) in [6.45, 7) is 4.10. The normalized spacial score (nSPS) is 14.1. The van der Waals surface area contributed by atoms with Gasteiger partial charge in [0.15, 0.2) is 0 Å². The second-order valence-electron chi connectivity index (χ2n) is 4.09. The van der Waals surface area contributed by atoms with Crippen molar-refractivity contribution in [3.05, 3.63) is 29.3 Å². The van der Waals surface area contributed by atoms with Crippen LogP contribution in [0.1, 0.15) is 22.8 Å². The van der Waals surface area contributed by atoms with Gasteiger partial charge in [-0.15, -0.1) is 0 Å². The quantitative estimate of drug-likeness (QED) is 0.790. The Balaban J connectivity index is 2.64. The van der Waals surface area contributed by atoms with E-state index in [1.54, 1.807) is 24.5 Å². The summed E-state index contributed by atoms with van der Waals surface area (Å²) in [5.74, 6) is -0.162. The van der Waals surface area contributed by atoms with Crippen LogP contribution in [0.3, 0.4) is 0 Å². The van der Waals surface area contributed by atoms with Gasteiger partial charge in [0.1, 0.15) is 0 Å². The minimum Gasteiger partial charge on any atom is -0.399 e. The Hall–Kier alpha value is -1.36. The van der Waals surface area contributed by atoms with Gasteiger partial charge in [0.25, 0.3) is 5.91 Å². The molecule has 1 aromatic rings. The first kappa shape index (κ1) is 13.7. The summed E-state index contributed by atoms with van der Waals surface area (Å²) < 4.78 is 11.1. The van der Waals surface area contributed by atoms with Crippen LogP contribution in [0, 0.1) is 6.92 Å². The lowest BCUT2D eigenvalue weighted by atomic mass is 10.1. The molecule has 4 nitrogen and oxygen atoms in total. The van der Waals surface area contributed by atoms with Gasteiger partial charge in [-0.3, -0.25) is 9.00 Å². The van der Waals surface area contributed by atoms with E-state index in [0.29, 0.717) is 17.8 Å². The molecule has 0 aliphatic heterocycles. The van der Waals surface area contributed by atoms with Crippen molar-refractivity contribution >= 4 is 22.4 Å². The fourth-order valence-corrected chi connectivity index (χ4v) is 1.59. The molecular weight excluding hydrogens is 236 g/mol. The number of carbonyl (C=O) groups excluding carboxylic acids is 1. The van der Waals surface area contributed by atoms with Crippen molar-refractivity contribution in [2.45, 2.75) is 19.1 Å². The Labute approximate surface area is 104 Å². The molecule has 0 aliphatic carbocycles. The van der Waals surface area contributed by atoms with Gasteiger partial charge >= 0.3 is 0 Å². The number of nitrogens with two attached hydrogens (primary N) is 1. The molecule has 2 unspecified atom stereocenters. The minimum absolute atomic E-state index is 0.0474. The Bertz CT molecular complexity index is 446. The number of carbonyl (C=O) groups is 1. The highest BCUT2D eigenvalue weighted by Crippen LogP contribution is 2.12. The summed E-state index contributed by atoms with van der Waals surface area (Å²) in [4.78, 5) is 11.8. The van der Waals surface area contributed by atoms with Crippen molar-refractivity contribution in [1.29, 1.82) is 0 Å². The number of rotatable bonds is 4. The number of nitrogens with one attached hydrogen (secondary N) is 1. The van der Waals surface area contributed by atoms with Crippen molar-refractivity contribution in [3.63, 3.8) is 0 Å². The van der Waals surface area contributed by atoms with Gasteiger partial charge in [0, 0.05) is 40.1 Å². The number of amides is 1. The van der Waals surface area contributed by atoms with Gasteiger partial charge in [-0.1, -0.05) is 0 Å². The van der Waals surface area contributed by atoms with Crippen LogP contribution in [0.25, 0.3) is 0 Å². The highest BCUT2D eigenvalue weighted by Gasteiger charge is 2.10. The zero-order valence-electron chi connectivity index (χ0n) is 10.3. The molecule has 0 aromatic heterocycles. The Kier molecular flexibility index (Phi) is 4.69. The summed E-state index contributed by atoms with van der Waals surface area (Å²) in [5.41, 5.74) is 7.80. The van der Waals surface area contributed by atoms with E-state index in [4.69, 9.17) is 5.73 Å². The maximum Gasteiger partial charge on any atom is 0.251 e. The molecule has 3 N–H and O–H groups in total. The van der Waals surface area contributed by atoms with Crippen LogP contribution in [0.5, 0.6) is 0 Å². The smallest absolute Gasteiger partial charge is 0.251 e. The lowest BCUT2D eigenvalue weighted by Crippen LogP contribution is -2.32. The predicted molar refractivity (Wildman–Crippen MR) is 71.5 cm³/mol. The largest absolute Gasteiger partial charge is 0.399 e. The molecule has 0 fully saturated rings. The second-order valence-corrected chi connectivity index (χ2v) is 5.89. The maximum absolute atomic E-state index is 11.8. The van der Waals surface area contributed by atoms with Crippen molar-refractivity contribution in [2.75, 3.05) is 18.5 Å². The van der Waals surface area contributed by atoms with E-state index in [2.05, 4.69) is 5.32 Å². The Morgan fingerprint density at radius 1 is 1.53 bits per heavy atom. The average molecular weight is 254 g/mol. The first-order valence-electron chi connectivity index (χ1n) is 5.38. The molecule has 5 heteroatoms. The molecule has 0 spiro atoms. The van der Waals surface area contributed by atoms with Gasteiger partial charge in [0.05, 0.1) is 0 Å². The van der Waals surface area contributed by atoms with Crippen LogP contribution in [0.4, 0.5) is 5.69 Å². The topological polar surface area (TPSA) is 72.2 Å². The van der Waals surface area contributed by atoms with Gasteiger partial charge < -0.3 is 11.1 Å². The van der Waals surface area contributed by atoms with E-state index >= 15 is 0 Å². The minimum atomic E-state index is -0.926. The molecule has 94 valence electrons. The molecule has 2 atom stereocenters. The number of anilines is 1. The first-order valence-corrected chi connectivity index (χ1v) is 7.00. The molecule has 0 aliphatic rings. The second kappa shape index (κ2) is 5.82. The van der Waals surface area contributed by atoms with Gasteiger partial charge in [-0.05, 0) is 37.6 Å². The van der Waals surface area contributed by atoms with E-state index < -0.39 is 10.8 Å². The monoisotopic (exact) mass is 254 g/mol. The van der Waals surface area contributed by atoms with E-state index in [-0.39, 0.29) is 11.2 Å². The van der Waals surface area contributed by atoms with Crippen LogP contribution in [-0.4, -0.2) is 28.2 Å². The molecule has 0 heterocycles. The standard InChI is InChI=1S/C12H18N2O2S/c1-8-6-10(4-5-11(8)13)12(15)14-7-9(2)17(3)16/h4-6,9H,7,13H2,1-3H3,(H,14,15). The highest BCUT2D eigenvalue weighted by atomic mass is 32.2. The number of benzene rings is 1. The van der Waals surface area contributed by atoms with Crippen LogP contribution in [0.2, 0.25) is 0 Å². The molecule has 0 saturated carbocycles. The zero-order valence-corrected chi connectivity index (χ0v) is 11.1. The van der Waals surface area contributed by atoms with Crippen molar-refractivity contribution in [3.8, 4) is 0 Å². The maximum atomic E-state index is 11.8. The van der Waals surface area contributed by atoms with Crippen LogP contribution >= 0.6 is 0 Å². The number of nitrogen functional groups attached to an aromatic ring is 1. The van der Waals surface area contributed by atoms with Crippen LogP contribution in [-0.2, 0) is 10.8 Å².